The van der Waals surface area contributed by atoms with Crippen LogP contribution in [-0.4, -0.2) is 85.2 Å². The van der Waals surface area contributed by atoms with E-state index < -0.39 is 123 Å². The van der Waals surface area contributed by atoms with E-state index in [9.17, 15) is 114 Å². The topological polar surface area (TPSA) is 18.5 Å². The van der Waals surface area contributed by atoms with Crippen molar-refractivity contribution in [3.05, 3.63) is 12.2 Å². The largest absolute Gasteiger partial charge is 0.426 e. The Morgan fingerprint density at radius 2 is 0.521 bits per heavy atom. The van der Waals surface area contributed by atoms with Crippen LogP contribution in [0, 0.1) is 0 Å². The number of rotatable bonds is 18. The highest BCUT2D eigenvalue weighted by Crippen LogP contribution is 2.60. The second-order valence-electron chi connectivity index (χ2n) is 9.21. The molecule has 0 unspecified atom stereocenters. The summed E-state index contributed by atoms with van der Waals surface area (Å²) in [4.78, 5) is 0. The highest BCUT2D eigenvalue weighted by molar-refractivity contribution is 5.08. The summed E-state index contributed by atoms with van der Waals surface area (Å²) in [6.07, 6.45) is -39.3. The van der Waals surface area contributed by atoms with E-state index in [4.69, 9.17) is 0 Å². The Morgan fingerprint density at radius 3 is 0.729 bits per heavy atom. The van der Waals surface area contributed by atoms with E-state index in [0.29, 0.717) is 0 Å². The van der Waals surface area contributed by atoms with Crippen LogP contribution in [0.4, 0.5) is 114 Å². The van der Waals surface area contributed by atoms with E-state index in [1.807, 2.05) is 0 Å². The zero-order valence-electron chi connectivity index (χ0n) is 22.0. The first-order valence-corrected chi connectivity index (χ1v) is 11.5. The van der Waals surface area contributed by atoms with Gasteiger partial charge in [-0.05, 0) is 0 Å². The molecule has 0 saturated heterocycles. The molecule has 0 bridgehead atoms. The molecule has 2 nitrogen and oxygen atoms in total. The van der Waals surface area contributed by atoms with Gasteiger partial charge in [0, 0.05) is 25.7 Å². The molecule has 0 aromatic heterocycles. The van der Waals surface area contributed by atoms with Crippen molar-refractivity contribution in [3.8, 4) is 0 Å². The van der Waals surface area contributed by atoms with Gasteiger partial charge >= 0.3 is 72.0 Å². The molecule has 0 amide bonds. The Balaban J connectivity index is 5.76. The van der Waals surface area contributed by atoms with Gasteiger partial charge in [0.25, 0.3) is 0 Å². The van der Waals surface area contributed by atoms with Crippen LogP contribution in [0.3, 0.4) is 0 Å². The molecule has 0 aromatic carbocycles. The molecule has 28 heteroatoms. The van der Waals surface area contributed by atoms with Gasteiger partial charge in [-0.15, -0.1) is 0 Å². The van der Waals surface area contributed by atoms with Gasteiger partial charge in [0.2, 0.25) is 0 Å². The molecule has 0 aliphatic carbocycles. The third kappa shape index (κ3) is 8.95. The molecule has 0 aliphatic rings. The lowest BCUT2D eigenvalue weighted by Gasteiger charge is -2.39. The fourth-order valence-corrected chi connectivity index (χ4v) is 2.75. The van der Waals surface area contributed by atoms with Crippen LogP contribution in [0.1, 0.15) is 25.7 Å². The van der Waals surface area contributed by atoms with Gasteiger partial charge in [0.05, 0.1) is 13.2 Å². The number of alkyl halides is 26. The maximum Gasteiger partial charge on any atom is 0.426 e. The van der Waals surface area contributed by atoms with Crippen molar-refractivity contribution in [2.24, 2.45) is 0 Å². The quantitative estimate of drug-likeness (QED) is 0.102. The van der Waals surface area contributed by atoms with Gasteiger partial charge in [-0.1, -0.05) is 12.2 Å². The molecule has 0 heterocycles. The highest BCUT2D eigenvalue weighted by atomic mass is 19.4. The molecule has 0 aromatic rings. The maximum atomic E-state index is 13.6. The van der Waals surface area contributed by atoms with Crippen LogP contribution >= 0.6 is 0 Å². The van der Waals surface area contributed by atoms with Crippen molar-refractivity contribution in [2.75, 3.05) is 13.2 Å². The molecule has 0 N–H and O–H groups in total. The van der Waals surface area contributed by atoms with Crippen molar-refractivity contribution in [1.29, 1.82) is 0 Å². The summed E-state index contributed by atoms with van der Waals surface area (Å²) in [7, 11) is 0. The Bertz CT molecular complexity index is 1000. The normalized spacial score (nSPS) is 16.3. The third-order valence-electron chi connectivity index (χ3n) is 5.56. The monoisotopic (exact) mass is 780 g/mol. The molecule has 288 valence electrons. The summed E-state index contributed by atoms with van der Waals surface area (Å²) in [6, 6.07) is 0. The van der Waals surface area contributed by atoms with Gasteiger partial charge in [-0.2, -0.15) is 114 Å². The van der Waals surface area contributed by atoms with E-state index in [0.717, 1.165) is 0 Å². The van der Waals surface area contributed by atoms with Crippen molar-refractivity contribution in [1.82, 2.24) is 0 Å². The lowest BCUT2D eigenvalue weighted by molar-refractivity contribution is -0.445. The Hall–Kier alpha value is -2.16. The molecule has 0 saturated carbocycles. The molecule has 0 atom stereocenters. The minimum Gasteiger partial charge on any atom is -0.311 e. The minimum atomic E-state index is -7.95. The standard InChI is InChI=1S/C20H14F26O2/c21-9(22,3-5-11(25,26)27)13(31,32)15(35,36)17(39,40)19(43,44)47-7-1-2-8-48-20(45,46)18(41,42)16(37,38)14(33,34)10(23,24)4-6-12(28,29)30/h1-2H,3-8H2/b2-1+. The molecular formula is C20H14F26O2. The van der Waals surface area contributed by atoms with Gasteiger partial charge in [-0.3, -0.25) is 0 Å². The first kappa shape index (κ1) is 45.8. The number of ether oxygens (including phenoxy) is 2. The molecule has 0 aliphatic heterocycles. The fourth-order valence-electron chi connectivity index (χ4n) is 2.75. The van der Waals surface area contributed by atoms with Crippen LogP contribution < -0.4 is 0 Å². The fraction of sp³-hybridized carbons (Fsp3) is 0.900. The summed E-state index contributed by atoms with van der Waals surface area (Å²) in [6.45, 7) is -4.92. The zero-order chi connectivity index (χ0) is 39.1. The van der Waals surface area contributed by atoms with Crippen LogP contribution in [0.25, 0.3) is 0 Å². The van der Waals surface area contributed by atoms with Crippen LogP contribution in [-0.2, 0) is 9.47 Å². The predicted molar refractivity (Wildman–Crippen MR) is 101 cm³/mol. The Morgan fingerprint density at radius 1 is 0.292 bits per heavy atom. The lowest BCUT2D eigenvalue weighted by Crippen LogP contribution is -2.67. The first-order chi connectivity index (χ1) is 20.6. The van der Waals surface area contributed by atoms with Crippen molar-refractivity contribution in [2.45, 2.75) is 97.6 Å². The molecule has 48 heavy (non-hydrogen) atoms. The molecular weight excluding hydrogens is 766 g/mol. The molecule has 0 radical (unpaired) electrons. The highest BCUT2D eigenvalue weighted by Gasteiger charge is 2.88. The SMILES string of the molecule is FC(F)(F)CCC(F)(F)C(F)(F)C(F)(F)C(F)(F)C(F)(F)OC/C=C/COC(F)(F)C(F)(F)C(F)(F)C(F)(F)C(F)(F)CCC(F)(F)F. The van der Waals surface area contributed by atoms with Gasteiger partial charge < -0.3 is 9.47 Å². The lowest BCUT2D eigenvalue weighted by atomic mass is 9.95. The van der Waals surface area contributed by atoms with E-state index in [2.05, 4.69) is 9.47 Å². The van der Waals surface area contributed by atoms with Gasteiger partial charge in [0.15, 0.2) is 0 Å². The van der Waals surface area contributed by atoms with Crippen molar-refractivity contribution in [3.63, 3.8) is 0 Å². The average Bonchev–Trinajstić information content (AvgIpc) is 2.86. The first-order valence-electron chi connectivity index (χ1n) is 11.5. The summed E-state index contributed by atoms with van der Waals surface area (Å²) in [5.74, 6) is -60.3. The van der Waals surface area contributed by atoms with Crippen molar-refractivity contribution < 1.29 is 124 Å². The third-order valence-corrected chi connectivity index (χ3v) is 5.56. The van der Waals surface area contributed by atoms with Gasteiger partial charge in [-0.25, -0.2) is 0 Å². The predicted octanol–water partition coefficient (Wildman–Crippen LogP) is 10.5. The summed E-state index contributed by atoms with van der Waals surface area (Å²) >= 11 is 0. The number of hydrogen-bond acceptors (Lipinski definition) is 2. The van der Waals surface area contributed by atoms with Gasteiger partial charge in [0.1, 0.15) is 0 Å². The number of hydrogen-bond donors (Lipinski definition) is 0. The smallest absolute Gasteiger partial charge is 0.311 e. The molecule has 0 spiro atoms. The van der Waals surface area contributed by atoms with E-state index in [-0.39, 0.29) is 0 Å². The van der Waals surface area contributed by atoms with E-state index in [1.165, 1.54) is 0 Å². The van der Waals surface area contributed by atoms with E-state index >= 15 is 0 Å². The second kappa shape index (κ2) is 13.5. The van der Waals surface area contributed by atoms with Crippen LogP contribution in [0.5, 0.6) is 0 Å². The zero-order valence-corrected chi connectivity index (χ0v) is 22.0. The maximum absolute atomic E-state index is 13.6. The summed E-state index contributed by atoms with van der Waals surface area (Å²) in [5, 5.41) is 0. The Labute approximate surface area is 248 Å². The molecule has 0 rings (SSSR count). The summed E-state index contributed by atoms with van der Waals surface area (Å²) in [5.41, 5.74) is 0. The van der Waals surface area contributed by atoms with E-state index in [1.54, 1.807) is 0 Å². The van der Waals surface area contributed by atoms with Crippen molar-refractivity contribution >= 4 is 0 Å². The van der Waals surface area contributed by atoms with Crippen LogP contribution in [0.15, 0.2) is 12.2 Å². The number of halogens is 26. The molecule has 0 fully saturated rings. The second-order valence-corrected chi connectivity index (χ2v) is 9.21. The minimum absolute atomic E-state index is 0.496. The van der Waals surface area contributed by atoms with Crippen LogP contribution in [0.2, 0.25) is 0 Å². The Kier molecular flexibility index (Phi) is 12.9. The summed E-state index contributed by atoms with van der Waals surface area (Å²) < 4.78 is 348. The average molecular weight is 780 g/mol.